The van der Waals surface area contributed by atoms with E-state index in [2.05, 4.69) is 33.6 Å². The number of hydrogen-bond donors (Lipinski definition) is 0. The minimum absolute atomic E-state index is 0.900. The predicted octanol–water partition coefficient (Wildman–Crippen LogP) is 2.73. The monoisotopic (exact) mass is 209 g/mol. The van der Waals surface area contributed by atoms with Gasteiger partial charge < -0.3 is 0 Å². The van der Waals surface area contributed by atoms with E-state index in [1.807, 2.05) is 24.4 Å². The quantitative estimate of drug-likeness (QED) is 0.617. The summed E-state index contributed by atoms with van der Waals surface area (Å²) in [6.45, 7) is 2.09. The zero-order valence-corrected chi connectivity index (χ0v) is 8.96. The number of hydrogen-bond acceptors (Lipinski definition) is 2. The van der Waals surface area contributed by atoms with Gasteiger partial charge in [0, 0.05) is 24.3 Å². The number of fused-ring (bicyclic) bond motifs is 1. The molecule has 0 saturated carbocycles. The Morgan fingerprint density at radius 2 is 1.81 bits per heavy atom. The first kappa shape index (κ1) is 9.09. The van der Waals surface area contributed by atoms with E-state index in [1.165, 1.54) is 5.56 Å². The minimum atomic E-state index is 0.900. The smallest absolute Gasteiger partial charge is 0.163 e. The maximum Gasteiger partial charge on any atom is 0.163 e. The van der Waals surface area contributed by atoms with Crippen LogP contribution in [0.4, 0.5) is 0 Å². The molecule has 3 heteroatoms. The standard InChI is InChI=1S/C13H11N3/c1-10-4-2-3-5-12(10)16-9-6-11-13(16)15-8-7-14-11/h2-9H,1H3. The van der Waals surface area contributed by atoms with Gasteiger partial charge in [-0.1, -0.05) is 18.2 Å². The predicted molar refractivity (Wildman–Crippen MR) is 63.6 cm³/mol. The lowest BCUT2D eigenvalue weighted by Crippen LogP contribution is -1.96. The number of aryl methyl sites for hydroxylation is 1. The third-order valence-corrected chi connectivity index (χ3v) is 2.69. The molecule has 0 fully saturated rings. The Balaban J connectivity index is 2.31. The van der Waals surface area contributed by atoms with Gasteiger partial charge in [-0.3, -0.25) is 9.55 Å². The van der Waals surface area contributed by atoms with Crippen molar-refractivity contribution in [3.63, 3.8) is 0 Å². The van der Waals surface area contributed by atoms with E-state index in [4.69, 9.17) is 0 Å². The molecule has 0 radical (unpaired) electrons. The van der Waals surface area contributed by atoms with Crippen LogP contribution in [-0.4, -0.2) is 14.5 Å². The molecule has 0 aliphatic rings. The van der Waals surface area contributed by atoms with Gasteiger partial charge in [0.1, 0.15) is 5.52 Å². The zero-order chi connectivity index (χ0) is 11.0. The fourth-order valence-corrected chi connectivity index (χ4v) is 1.89. The molecule has 0 unspecified atom stereocenters. The average Bonchev–Trinajstić information content (AvgIpc) is 2.74. The largest absolute Gasteiger partial charge is 0.300 e. The molecule has 0 atom stereocenters. The molecule has 0 amide bonds. The highest BCUT2D eigenvalue weighted by Crippen LogP contribution is 2.19. The molecule has 1 aromatic carbocycles. The van der Waals surface area contributed by atoms with Gasteiger partial charge in [0.15, 0.2) is 5.65 Å². The Labute approximate surface area is 93.4 Å². The first-order valence-electron chi connectivity index (χ1n) is 5.20. The van der Waals surface area contributed by atoms with Crippen molar-refractivity contribution in [3.05, 3.63) is 54.5 Å². The molecule has 0 aliphatic carbocycles. The fraction of sp³-hybridized carbons (Fsp3) is 0.0769. The first-order chi connectivity index (χ1) is 7.86. The number of rotatable bonds is 1. The average molecular weight is 209 g/mol. The van der Waals surface area contributed by atoms with E-state index in [9.17, 15) is 0 Å². The van der Waals surface area contributed by atoms with Crippen molar-refractivity contribution in [2.45, 2.75) is 6.92 Å². The van der Waals surface area contributed by atoms with Crippen LogP contribution in [0.2, 0.25) is 0 Å². The van der Waals surface area contributed by atoms with Crippen molar-refractivity contribution in [2.24, 2.45) is 0 Å². The van der Waals surface area contributed by atoms with Crippen molar-refractivity contribution in [3.8, 4) is 5.69 Å². The molecule has 3 rings (SSSR count). The normalized spacial score (nSPS) is 10.8. The fourth-order valence-electron chi connectivity index (χ4n) is 1.89. The SMILES string of the molecule is Cc1ccccc1-n1ccc2nccnc21. The highest BCUT2D eigenvalue weighted by molar-refractivity contribution is 5.73. The molecular formula is C13H11N3. The van der Waals surface area contributed by atoms with Gasteiger partial charge in [0.05, 0.1) is 0 Å². The molecule has 0 spiro atoms. The third kappa shape index (κ3) is 1.29. The van der Waals surface area contributed by atoms with Gasteiger partial charge >= 0.3 is 0 Å². The molecule has 78 valence electrons. The van der Waals surface area contributed by atoms with Gasteiger partial charge in [-0.05, 0) is 24.6 Å². The van der Waals surface area contributed by atoms with Crippen LogP contribution in [0, 0.1) is 6.92 Å². The molecule has 3 nitrogen and oxygen atoms in total. The van der Waals surface area contributed by atoms with Crippen LogP contribution in [0.15, 0.2) is 48.9 Å². The van der Waals surface area contributed by atoms with Gasteiger partial charge in [0.2, 0.25) is 0 Å². The summed E-state index contributed by atoms with van der Waals surface area (Å²) in [7, 11) is 0. The van der Waals surface area contributed by atoms with Crippen LogP contribution >= 0.6 is 0 Å². The molecule has 16 heavy (non-hydrogen) atoms. The van der Waals surface area contributed by atoms with E-state index >= 15 is 0 Å². The second-order valence-corrected chi connectivity index (χ2v) is 3.74. The van der Waals surface area contributed by atoms with E-state index in [-0.39, 0.29) is 0 Å². The van der Waals surface area contributed by atoms with Crippen LogP contribution in [-0.2, 0) is 0 Å². The molecule has 2 heterocycles. The topological polar surface area (TPSA) is 30.7 Å². The maximum atomic E-state index is 4.36. The molecule has 3 aromatic rings. The van der Waals surface area contributed by atoms with Crippen molar-refractivity contribution in [1.82, 2.24) is 14.5 Å². The summed E-state index contributed by atoms with van der Waals surface area (Å²) in [5, 5.41) is 0. The van der Waals surface area contributed by atoms with E-state index in [1.54, 1.807) is 12.4 Å². The minimum Gasteiger partial charge on any atom is -0.300 e. The lowest BCUT2D eigenvalue weighted by Gasteiger charge is -2.07. The second kappa shape index (κ2) is 3.45. The van der Waals surface area contributed by atoms with Crippen LogP contribution in [0.1, 0.15) is 5.56 Å². The lowest BCUT2D eigenvalue weighted by molar-refractivity contribution is 1.07. The molecule has 2 aromatic heterocycles. The Morgan fingerprint density at radius 3 is 2.69 bits per heavy atom. The number of benzene rings is 1. The highest BCUT2D eigenvalue weighted by atomic mass is 15.0. The first-order valence-corrected chi connectivity index (χ1v) is 5.20. The highest BCUT2D eigenvalue weighted by Gasteiger charge is 2.05. The molecular weight excluding hydrogens is 198 g/mol. The summed E-state index contributed by atoms with van der Waals surface area (Å²) in [6, 6.07) is 10.2. The summed E-state index contributed by atoms with van der Waals surface area (Å²) in [5.41, 5.74) is 4.20. The van der Waals surface area contributed by atoms with Crippen molar-refractivity contribution in [1.29, 1.82) is 0 Å². The number of para-hydroxylation sites is 1. The van der Waals surface area contributed by atoms with Crippen molar-refractivity contribution in [2.75, 3.05) is 0 Å². The van der Waals surface area contributed by atoms with E-state index in [0.29, 0.717) is 0 Å². The third-order valence-electron chi connectivity index (χ3n) is 2.69. The van der Waals surface area contributed by atoms with Crippen LogP contribution in [0.5, 0.6) is 0 Å². The number of nitrogens with zero attached hydrogens (tertiary/aromatic N) is 3. The van der Waals surface area contributed by atoms with Crippen molar-refractivity contribution < 1.29 is 0 Å². The van der Waals surface area contributed by atoms with Crippen LogP contribution in [0.3, 0.4) is 0 Å². The number of aromatic nitrogens is 3. The summed E-state index contributed by atoms with van der Waals surface area (Å²) < 4.78 is 2.07. The summed E-state index contributed by atoms with van der Waals surface area (Å²) >= 11 is 0. The van der Waals surface area contributed by atoms with E-state index < -0.39 is 0 Å². The molecule has 0 N–H and O–H groups in total. The van der Waals surface area contributed by atoms with Crippen LogP contribution in [0.25, 0.3) is 16.9 Å². The van der Waals surface area contributed by atoms with Crippen molar-refractivity contribution >= 4 is 11.2 Å². The summed E-state index contributed by atoms with van der Waals surface area (Å²) in [4.78, 5) is 8.63. The summed E-state index contributed by atoms with van der Waals surface area (Å²) in [6.07, 6.45) is 5.44. The maximum absolute atomic E-state index is 4.36. The van der Waals surface area contributed by atoms with Crippen LogP contribution < -0.4 is 0 Å². The Bertz CT molecular complexity index is 640. The summed E-state index contributed by atoms with van der Waals surface area (Å²) in [5.74, 6) is 0. The lowest BCUT2D eigenvalue weighted by atomic mass is 10.2. The Hall–Kier alpha value is -2.16. The molecule has 0 aliphatic heterocycles. The zero-order valence-electron chi connectivity index (χ0n) is 8.96. The van der Waals surface area contributed by atoms with Gasteiger partial charge in [0.25, 0.3) is 0 Å². The Morgan fingerprint density at radius 1 is 1.00 bits per heavy atom. The van der Waals surface area contributed by atoms with Gasteiger partial charge in [-0.2, -0.15) is 0 Å². The Kier molecular flexibility index (Phi) is 1.96. The second-order valence-electron chi connectivity index (χ2n) is 3.74. The molecule has 0 bridgehead atoms. The molecule has 0 saturated heterocycles. The van der Waals surface area contributed by atoms with Gasteiger partial charge in [-0.15, -0.1) is 0 Å². The van der Waals surface area contributed by atoms with Gasteiger partial charge in [-0.25, -0.2) is 4.98 Å². The van der Waals surface area contributed by atoms with E-state index in [0.717, 1.165) is 16.9 Å².